The topological polar surface area (TPSA) is 186 Å². The molecule has 0 spiro atoms. The van der Waals surface area contributed by atoms with Crippen LogP contribution in [0.1, 0.15) is 60.7 Å². The third kappa shape index (κ3) is 7.77. The number of alkyl carbamates (subject to hydrolysis) is 1. The molecule has 2 unspecified atom stereocenters. The Kier molecular flexibility index (Phi) is 9.92. The number of likely N-dealkylation sites (tertiary alicyclic amines) is 2. The van der Waals surface area contributed by atoms with Crippen LogP contribution < -0.4 is 10.6 Å². The molecule has 0 aliphatic carbocycles. The fraction of sp³-hybridized carbons (Fsp3) is 0.355. The van der Waals surface area contributed by atoms with E-state index in [1.165, 1.54) is 7.11 Å². The Hall–Kier alpha value is -5.40. The lowest BCUT2D eigenvalue weighted by Crippen LogP contribution is -2.40. The molecule has 2 aliphatic rings. The number of amides is 4. The summed E-state index contributed by atoms with van der Waals surface area (Å²) in [6.07, 6.45) is 12.5. The number of benzene rings is 1. The molecule has 14 heteroatoms. The monoisotopic (exact) mass is 616 g/mol. The first-order valence-corrected chi connectivity index (χ1v) is 14.7. The molecule has 236 valence electrons. The van der Waals surface area contributed by atoms with E-state index in [1.54, 1.807) is 22.2 Å². The smallest absolute Gasteiger partial charge is 0.407 e. The minimum atomic E-state index is -1.23. The first-order valence-electron chi connectivity index (χ1n) is 14.7. The van der Waals surface area contributed by atoms with Crippen LogP contribution in [0.5, 0.6) is 0 Å². The number of rotatable bonds is 10. The molecule has 2 saturated heterocycles. The number of H-pyrrole nitrogens is 2. The zero-order valence-electron chi connectivity index (χ0n) is 24.9. The summed E-state index contributed by atoms with van der Waals surface area (Å²) < 4.78 is 4.54. The highest BCUT2D eigenvalue weighted by Crippen LogP contribution is 2.32. The quantitative estimate of drug-likeness (QED) is 0.214. The van der Waals surface area contributed by atoms with Crippen molar-refractivity contribution in [1.29, 1.82) is 0 Å². The number of ether oxygens (including phenoxy) is 1. The van der Waals surface area contributed by atoms with Gasteiger partial charge in [0.1, 0.15) is 24.7 Å². The van der Waals surface area contributed by atoms with Gasteiger partial charge in [-0.15, -0.1) is 0 Å². The number of carbonyl (C=O) groups is 4. The minimum Gasteiger partial charge on any atom is -0.465 e. The fourth-order valence-corrected chi connectivity index (χ4v) is 5.63. The van der Waals surface area contributed by atoms with Gasteiger partial charge in [0.05, 0.1) is 43.0 Å². The second kappa shape index (κ2) is 14.4. The highest BCUT2D eigenvalue weighted by molar-refractivity contribution is 5.83. The maximum absolute atomic E-state index is 12.6. The third-order valence-electron chi connectivity index (χ3n) is 7.85. The van der Waals surface area contributed by atoms with Crippen molar-refractivity contribution in [2.75, 3.05) is 33.3 Å². The van der Waals surface area contributed by atoms with E-state index in [0.29, 0.717) is 24.7 Å². The number of hydrogen-bond acceptors (Lipinski definition) is 7. The lowest BCUT2D eigenvalue weighted by atomic mass is 10.1. The number of nitrogens with one attached hydrogen (secondary N) is 4. The number of aromatic nitrogens is 4. The maximum atomic E-state index is 12.6. The van der Waals surface area contributed by atoms with Crippen molar-refractivity contribution in [3.8, 4) is 11.3 Å². The number of hydrogen-bond donors (Lipinski definition) is 5. The van der Waals surface area contributed by atoms with Crippen LogP contribution in [0.15, 0.2) is 48.8 Å². The SMILES string of the molecule is COC(=O)NCC(=O)N1CCCC1c1ncc(-c2ccc(/C=C/C=C/c3cnc(C4CCCN4C(=O)CNC(=O)O)[nH]3)cc2)[nH]1. The van der Waals surface area contributed by atoms with Crippen molar-refractivity contribution in [3.05, 3.63) is 71.7 Å². The number of aromatic amines is 2. The number of carbonyl (C=O) groups excluding carboxylic acids is 3. The first-order chi connectivity index (χ1) is 21.8. The standard InChI is InChI=1S/C31H36N8O6/c1-45-31(44)35-19-27(41)39-15-5-9-25(39)29-33-17-23(37-29)21-12-10-20(11-13-21)6-2-3-7-22-16-32-28(36-22)24-8-4-14-38(24)26(40)18-34-30(42)43/h2-3,6-7,10-13,16-17,24-25,34H,4-5,8-9,14-15,18-19H2,1H3,(H,32,36)(H,33,37)(H,35,44)(H,42,43)/b6-2+,7-3+. The van der Waals surface area contributed by atoms with Gasteiger partial charge in [-0.2, -0.15) is 0 Å². The predicted octanol–water partition coefficient (Wildman–Crippen LogP) is 3.48. The van der Waals surface area contributed by atoms with Crippen LogP contribution in [0.4, 0.5) is 9.59 Å². The molecule has 2 fully saturated rings. The number of nitrogens with zero attached hydrogens (tertiary/aromatic N) is 4. The molecule has 4 amide bonds. The molecule has 4 heterocycles. The Morgan fingerprint density at radius 1 is 0.889 bits per heavy atom. The summed E-state index contributed by atoms with van der Waals surface area (Å²) in [5.74, 6) is 0.945. The molecule has 2 atom stereocenters. The summed E-state index contributed by atoms with van der Waals surface area (Å²) in [6, 6.07) is 7.63. The number of carboxylic acid groups (broad SMARTS) is 1. The van der Waals surface area contributed by atoms with Crippen LogP contribution in [-0.2, 0) is 14.3 Å². The number of methoxy groups -OCH3 is 1. The summed E-state index contributed by atoms with van der Waals surface area (Å²) in [4.78, 5) is 66.2. The second-order valence-electron chi connectivity index (χ2n) is 10.7. The van der Waals surface area contributed by atoms with Crippen molar-refractivity contribution in [2.24, 2.45) is 0 Å². The molecule has 45 heavy (non-hydrogen) atoms. The molecule has 2 aromatic heterocycles. The molecule has 2 aliphatic heterocycles. The van der Waals surface area contributed by atoms with Gasteiger partial charge < -0.3 is 40.2 Å². The summed E-state index contributed by atoms with van der Waals surface area (Å²) in [5, 5.41) is 13.3. The zero-order valence-corrected chi connectivity index (χ0v) is 24.9. The van der Waals surface area contributed by atoms with Crippen molar-refractivity contribution in [3.63, 3.8) is 0 Å². The third-order valence-corrected chi connectivity index (χ3v) is 7.85. The van der Waals surface area contributed by atoms with E-state index in [1.807, 2.05) is 48.6 Å². The Bertz CT molecular complexity index is 1580. The summed E-state index contributed by atoms with van der Waals surface area (Å²) in [7, 11) is 1.26. The van der Waals surface area contributed by atoms with E-state index < -0.39 is 12.2 Å². The Morgan fingerprint density at radius 2 is 1.49 bits per heavy atom. The van der Waals surface area contributed by atoms with Gasteiger partial charge in [0, 0.05) is 13.1 Å². The maximum Gasteiger partial charge on any atom is 0.407 e. The molecule has 14 nitrogen and oxygen atoms in total. The average Bonchev–Trinajstić information content (AvgIpc) is 3.87. The summed E-state index contributed by atoms with van der Waals surface area (Å²) in [6.45, 7) is 0.792. The molecule has 1 aromatic carbocycles. The van der Waals surface area contributed by atoms with Gasteiger partial charge in [0.15, 0.2) is 0 Å². The number of allylic oxidation sites excluding steroid dienone is 2. The van der Waals surface area contributed by atoms with Crippen LogP contribution in [0.3, 0.4) is 0 Å². The molecule has 0 radical (unpaired) electrons. The van der Waals surface area contributed by atoms with Gasteiger partial charge in [0.2, 0.25) is 11.8 Å². The van der Waals surface area contributed by atoms with Crippen LogP contribution in [0, 0.1) is 0 Å². The molecule has 0 saturated carbocycles. The van der Waals surface area contributed by atoms with Crippen LogP contribution in [0.2, 0.25) is 0 Å². The molecule has 5 rings (SSSR count). The lowest BCUT2D eigenvalue weighted by Gasteiger charge is -2.23. The average molecular weight is 617 g/mol. The number of imidazole rings is 2. The van der Waals surface area contributed by atoms with Gasteiger partial charge >= 0.3 is 12.2 Å². The van der Waals surface area contributed by atoms with Gasteiger partial charge in [0.25, 0.3) is 0 Å². The van der Waals surface area contributed by atoms with Crippen LogP contribution in [-0.4, -0.2) is 92.1 Å². The van der Waals surface area contributed by atoms with Gasteiger partial charge in [-0.05, 0) is 42.9 Å². The first kappa shape index (κ1) is 31.0. The van der Waals surface area contributed by atoms with Crippen molar-refractivity contribution < 1.29 is 29.0 Å². The van der Waals surface area contributed by atoms with Crippen molar-refractivity contribution in [2.45, 2.75) is 37.8 Å². The highest BCUT2D eigenvalue weighted by atomic mass is 16.5. The van der Waals surface area contributed by atoms with Crippen molar-refractivity contribution in [1.82, 2.24) is 40.4 Å². The van der Waals surface area contributed by atoms with E-state index in [4.69, 9.17) is 5.11 Å². The lowest BCUT2D eigenvalue weighted by molar-refractivity contribution is -0.132. The van der Waals surface area contributed by atoms with E-state index in [0.717, 1.165) is 48.2 Å². The zero-order chi connectivity index (χ0) is 31.8. The van der Waals surface area contributed by atoms with Gasteiger partial charge in [-0.1, -0.05) is 42.5 Å². The molecule has 5 N–H and O–H groups in total. The molecular formula is C31H36N8O6. The van der Waals surface area contributed by atoms with Crippen LogP contribution in [0.25, 0.3) is 23.4 Å². The van der Waals surface area contributed by atoms with Gasteiger partial charge in [-0.25, -0.2) is 19.6 Å². The molecular weight excluding hydrogens is 580 g/mol. The second-order valence-corrected chi connectivity index (χ2v) is 10.7. The van der Waals surface area contributed by atoms with Crippen LogP contribution >= 0.6 is 0 Å². The Labute approximate surface area is 259 Å². The Balaban J connectivity index is 1.14. The minimum absolute atomic E-state index is 0.124. The molecule has 0 bridgehead atoms. The van der Waals surface area contributed by atoms with Gasteiger partial charge in [-0.3, -0.25) is 9.59 Å². The van der Waals surface area contributed by atoms with E-state index in [2.05, 4.69) is 35.3 Å². The van der Waals surface area contributed by atoms with E-state index >= 15 is 0 Å². The summed E-state index contributed by atoms with van der Waals surface area (Å²) in [5.41, 5.74) is 3.62. The van der Waals surface area contributed by atoms with E-state index in [9.17, 15) is 19.2 Å². The highest BCUT2D eigenvalue weighted by Gasteiger charge is 2.33. The predicted molar refractivity (Wildman–Crippen MR) is 164 cm³/mol. The summed E-state index contributed by atoms with van der Waals surface area (Å²) >= 11 is 0. The molecule has 3 aromatic rings. The van der Waals surface area contributed by atoms with Crippen molar-refractivity contribution >= 4 is 36.2 Å². The fourth-order valence-electron chi connectivity index (χ4n) is 5.63. The van der Waals surface area contributed by atoms with E-state index in [-0.39, 0.29) is 37.0 Å². The Morgan fingerprint density at radius 3 is 2.13 bits per heavy atom. The largest absolute Gasteiger partial charge is 0.465 e. The normalized spacial score (nSPS) is 18.2.